The number of hydrogen-bond acceptors (Lipinski definition) is 2. The summed E-state index contributed by atoms with van der Waals surface area (Å²) in [5.41, 5.74) is 1.42. The molecule has 1 heterocycles. The number of aromatic nitrogens is 1. The first kappa shape index (κ1) is 17.0. The highest BCUT2D eigenvalue weighted by Gasteiger charge is 2.50. The Morgan fingerprint density at radius 2 is 1.84 bits per heavy atom. The van der Waals surface area contributed by atoms with Crippen molar-refractivity contribution >= 4 is 34.5 Å². The predicted octanol–water partition coefficient (Wildman–Crippen LogP) is 6.78. The summed E-state index contributed by atoms with van der Waals surface area (Å²) in [6.45, 7) is 1.96. The Balaban J connectivity index is 1.82. The van der Waals surface area contributed by atoms with Gasteiger partial charge >= 0.3 is 0 Å². The van der Waals surface area contributed by atoms with Crippen molar-refractivity contribution in [1.29, 1.82) is 0 Å². The Bertz CT molecular complexity index is 980. The topological polar surface area (TPSA) is 12.9 Å². The average Bonchev–Trinajstić information content (AvgIpc) is 3.28. The van der Waals surface area contributed by atoms with Crippen LogP contribution in [0.1, 0.15) is 28.3 Å². The van der Waals surface area contributed by atoms with Crippen LogP contribution in [-0.4, -0.2) is 4.98 Å². The van der Waals surface area contributed by atoms with E-state index in [0.29, 0.717) is 15.6 Å². The minimum atomic E-state index is -0.529. The first-order valence-corrected chi connectivity index (χ1v) is 9.37. The van der Waals surface area contributed by atoms with Gasteiger partial charge in [0.15, 0.2) is 0 Å². The second-order valence-electron chi connectivity index (χ2n) is 6.25. The normalized spacial score (nSPS) is 15.4. The first-order valence-electron chi connectivity index (χ1n) is 7.79. The van der Waals surface area contributed by atoms with E-state index in [-0.39, 0.29) is 0 Å². The van der Waals surface area contributed by atoms with Crippen LogP contribution >= 0.6 is 34.5 Å². The molecule has 1 aliphatic carbocycles. The van der Waals surface area contributed by atoms with Crippen LogP contribution in [0.25, 0.3) is 11.3 Å². The zero-order valence-electron chi connectivity index (χ0n) is 13.2. The van der Waals surface area contributed by atoms with Gasteiger partial charge in [-0.15, -0.1) is 11.3 Å². The first-order chi connectivity index (χ1) is 11.9. The molecular weight excluding hydrogens is 383 g/mol. The lowest BCUT2D eigenvalue weighted by molar-refractivity contribution is 0.571. The summed E-state index contributed by atoms with van der Waals surface area (Å²) in [4.78, 5) is 5.74. The molecule has 0 spiro atoms. The van der Waals surface area contributed by atoms with Gasteiger partial charge in [0.2, 0.25) is 0 Å². The van der Waals surface area contributed by atoms with Crippen molar-refractivity contribution in [2.24, 2.45) is 0 Å². The number of rotatable bonds is 3. The van der Waals surface area contributed by atoms with Gasteiger partial charge < -0.3 is 0 Å². The van der Waals surface area contributed by atoms with Crippen molar-refractivity contribution in [3.05, 3.63) is 73.5 Å². The maximum Gasteiger partial charge on any atom is 0.127 e. The number of thiazole rings is 1. The molecule has 0 saturated heterocycles. The van der Waals surface area contributed by atoms with Crippen LogP contribution in [0.4, 0.5) is 8.78 Å². The van der Waals surface area contributed by atoms with Crippen LogP contribution in [0.5, 0.6) is 0 Å². The van der Waals surface area contributed by atoms with Crippen molar-refractivity contribution in [2.45, 2.75) is 25.2 Å². The van der Waals surface area contributed by atoms with Crippen LogP contribution < -0.4 is 0 Å². The fraction of sp³-hybridized carbons (Fsp3) is 0.211. The second kappa shape index (κ2) is 6.04. The summed E-state index contributed by atoms with van der Waals surface area (Å²) in [6.07, 6.45) is 1.52. The lowest BCUT2D eigenvalue weighted by Gasteiger charge is -2.13. The van der Waals surface area contributed by atoms with Gasteiger partial charge in [-0.05, 0) is 56.2 Å². The van der Waals surface area contributed by atoms with Crippen molar-refractivity contribution in [1.82, 2.24) is 4.98 Å². The Hall–Kier alpha value is -1.49. The Morgan fingerprint density at radius 3 is 2.52 bits per heavy atom. The van der Waals surface area contributed by atoms with E-state index in [9.17, 15) is 8.78 Å². The van der Waals surface area contributed by atoms with E-state index in [1.165, 1.54) is 23.5 Å². The molecule has 0 unspecified atom stereocenters. The minimum Gasteiger partial charge on any atom is -0.240 e. The summed E-state index contributed by atoms with van der Waals surface area (Å²) < 4.78 is 28.0. The van der Waals surface area contributed by atoms with Crippen molar-refractivity contribution < 1.29 is 8.78 Å². The maximum absolute atomic E-state index is 14.3. The highest BCUT2D eigenvalue weighted by molar-refractivity contribution is 7.12. The van der Waals surface area contributed by atoms with E-state index < -0.39 is 17.0 Å². The summed E-state index contributed by atoms with van der Waals surface area (Å²) in [6, 6.07) is 8.88. The molecule has 128 valence electrons. The third-order valence-electron chi connectivity index (χ3n) is 4.59. The molecule has 0 N–H and O–H groups in total. The summed E-state index contributed by atoms with van der Waals surface area (Å²) in [7, 11) is 0. The maximum atomic E-state index is 14.3. The highest BCUT2D eigenvalue weighted by Crippen LogP contribution is 2.56. The van der Waals surface area contributed by atoms with E-state index >= 15 is 0 Å². The van der Waals surface area contributed by atoms with Gasteiger partial charge in [0.05, 0.1) is 16.1 Å². The van der Waals surface area contributed by atoms with E-state index in [4.69, 9.17) is 28.2 Å². The van der Waals surface area contributed by atoms with E-state index in [1.54, 1.807) is 12.1 Å². The fourth-order valence-electron chi connectivity index (χ4n) is 3.12. The third kappa shape index (κ3) is 2.86. The molecule has 2 aromatic carbocycles. The molecule has 1 saturated carbocycles. The molecule has 1 aliphatic rings. The fourth-order valence-corrected chi connectivity index (χ4v) is 4.81. The van der Waals surface area contributed by atoms with Crippen LogP contribution in [0.2, 0.25) is 10.0 Å². The van der Waals surface area contributed by atoms with Gasteiger partial charge in [0.1, 0.15) is 16.6 Å². The molecule has 1 aromatic heterocycles. The number of aryl methyl sites for hydroxylation is 1. The van der Waals surface area contributed by atoms with Crippen molar-refractivity contribution in [2.75, 3.05) is 0 Å². The van der Waals surface area contributed by atoms with Crippen LogP contribution in [-0.2, 0) is 5.41 Å². The van der Waals surface area contributed by atoms with Crippen LogP contribution in [0, 0.1) is 18.6 Å². The van der Waals surface area contributed by atoms with Gasteiger partial charge in [-0.1, -0.05) is 23.2 Å². The van der Waals surface area contributed by atoms with Gasteiger partial charge in [-0.25, -0.2) is 13.8 Å². The molecule has 0 atom stereocenters. The Labute approximate surface area is 158 Å². The Kier molecular flexibility index (Phi) is 4.10. The zero-order chi connectivity index (χ0) is 17.8. The second-order valence-corrected chi connectivity index (χ2v) is 8.30. The number of hydrogen-bond donors (Lipinski definition) is 0. The zero-order valence-corrected chi connectivity index (χ0v) is 15.6. The van der Waals surface area contributed by atoms with Crippen LogP contribution in [0.3, 0.4) is 0 Å². The summed E-state index contributed by atoms with van der Waals surface area (Å²) >= 11 is 13.8. The third-order valence-corrected chi connectivity index (χ3v) is 6.31. The summed E-state index contributed by atoms with van der Waals surface area (Å²) in [5.74, 6) is -0.824. The van der Waals surface area contributed by atoms with Gasteiger partial charge in [-0.3, -0.25) is 0 Å². The monoisotopic (exact) mass is 395 g/mol. The minimum absolute atomic E-state index is 0.384. The largest absolute Gasteiger partial charge is 0.240 e. The standard InChI is InChI=1S/C19H13Cl2F2NS/c1-10-17(13-4-2-11(20)8-15(13)21)24-18(25-10)19(6-7-19)14-9-12(22)3-5-16(14)23/h2-5,8-9H,6-7H2,1H3. The van der Waals surface area contributed by atoms with Crippen molar-refractivity contribution in [3.8, 4) is 11.3 Å². The molecular formula is C19H13Cl2F2NS. The van der Waals surface area contributed by atoms with Gasteiger partial charge in [0.25, 0.3) is 0 Å². The number of halogens is 4. The predicted molar refractivity (Wildman–Crippen MR) is 98.7 cm³/mol. The van der Waals surface area contributed by atoms with Gasteiger partial charge in [0, 0.05) is 21.0 Å². The summed E-state index contributed by atoms with van der Waals surface area (Å²) in [5, 5.41) is 1.88. The number of nitrogens with zero attached hydrogens (tertiary/aromatic N) is 1. The van der Waals surface area contributed by atoms with Gasteiger partial charge in [-0.2, -0.15) is 0 Å². The molecule has 1 nitrogen and oxygen atoms in total. The van der Waals surface area contributed by atoms with Crippen LogP contribution in [0.15, 0.2) is 36.4 Å². The number of benzene rings is 2. The molecule has 4 rings (SSSR count). The molecule has 0 radical (unpaired) electrons. The smallest absolute Gasteiger partial charge is 0.127 e. The average molecular weight is 396 g/mol. The quantitative estimate of drug-likeness (QED) is 0.475. The van der Waals surface area contributed by atoms with E-state index in [1.807, 2.05) is 13.0 Å². The molecule has 0 bridgehead atoms. The molecule has 0 amide bonds. The molecule has 6 heteroatoms. The molecule has 1 fully saturated rings. The molecule has 0 aliphatic heterocycles. The van der Waals surface area contributed by atoms with Crippen molar-refractivity contribution in [3.63, 3.8) is 0 Å². The van der Waals surface area contributed by atoms with E-state index in [2.05, 4.69) is 0 Å². The highest BCUT2D eigenvalue weighted by atomic mass is 35.5. The van der Waals surface area contributed by atoms with E-state index in [0.717, 1.165) is 40.1 Å². The lowest BCUT2D eigenvalue weighted by atomic mass is 9.96. The molecule has 3 aromatic rings. The lowest BCUT2D eigenvalue weighted by Crippen LogP contribution is -2.11. The SMILES string of the molecule is Cc1sc(C2(c3cc(F)ccc3F)CC2)nc1-c1ccc(Cl)cc1Cl. The Morgan fingerprint density at radius 1 is 1.08 bits per heavy atom. The molecule has 25 heavy (non-hydrogen) atoms.